The van der Waals surface area contributed by atoms with Gasteiger partial charge in [0.2, 0.25) is 5.95 Å². The standard InChI is InChI=1S/C12H16FN7/c1-15-7-2-3-20(6-7)10-4-9(17-12(14)18-10)11-8(13)5-16-19-11/h4-5,7,15H,2-3,6H2,1H3,(H,16,19)(H2,14,17,18)/t7-/m1/s1. The lowest BCUT2D eigenvalue weighted by Crippen LogP contribution is -2.30. The number of likely N-dealkylation sites (N-methyl/N-ethyl adjacent to an activating group) is 1. The van der Waals surface area contributed by atoms with Crippen LogP contribution in [0.4, 0.5) is 16.2 Å². The van der Waals surface area contributed by atoms with Crippen LogP contribution in [-0.4, -0.2) is 46.3 Å². The van der Waals surface area contributed by atoms with E-state index in [2.05, 4.69) is 30.4 Å². The molecule has 0 radical (unpaired) electrons. The molecule has 4 N–H and O–H groups in total. The van der Waals surface area contributed by atoms with Crippen molar-refractivity contribution in [1.29, 1.82) is 0 Å². The first kappa shape index (κ1) is 12.8. The number of rotatable bonds is 3. The number of H-pyrrole nitrogens is 1. The SMILES string of the molecule is CN[C@@H]1CCN(c2cc(-c3[nH]ncc3F)nc(N)n2)C1. The lowest BCUT2D eigenvalue weighted by molar-refractivity contribution is 0.616. The summed E-state index contributed by atoms with van der Waals surface area (Å²) in [5.41, 5.74) is 6.37. The van der Waals surface area contributed by atoms with E-state index in [4.69, 9.17) is 5.73 Å². The van der Waals surface area contributed by atoms with E-state index in [9.17, 15) is 4.39 Å². The van der Waals surface area contributed by atoms with Crippen LogP contribution in [0, 0.1) is 5.82 Å². The fourth-order valence-electron chi connectivity index (χ4n) is 2.40. The second-order valence-electron chi connectivity index (χ2n) is 4.78. The lowest BCUT2D eigenvalue weighted by atomic mass is 10.3. The average Bonchev–Trinajstić information content (AvgIpc) is 3.06. The van der Waals surface area contributed by atoms with Crippen LogP contribution >= 0.6 is 0 Å². The summed E-state index contributed by atoms with van der Waals surface area (Å²) < 4.78 is 13.6. The molecule has 0 aromatic carbocycles. The molecule has 2 aromatic heterocycles. The molecular formula is C12H16FN7. The highest BCUT2D eigenvalue weighted by Gasteiger charge is 2.23. The molecule has 0 unspecified atom stereocenters. The molecule has 3 heterocycles. The van der Waals surface area contributed by atoms with Gasteiger partial charge in [-0.25, -0.2) is 9.37 Å². The van der Waals surface area contributed by atoms with Crippen LogP contribution in [-0.2, 0) is 0 Å². The highest BCUT2D eigenvalue weighted by atomic mass is 19.1. The van der Waals surface area contributed by atoms with Gasteiger partial charge in [0.1, 0.15) is 11.5 Å². The lowest BCUT2D eigenvalue weighted by Gasteiger charge is -2.18. The van der Waals surface area contributed by atoms with Crippen molar-refractivity contribution in [1.82, 2.24) is 25.5 Å². The molecule has 1 fully saturated rings. The first-order valence-corrected chi connectivity index (χ1v) is 6.43. The molecule has 0 saturated carbocycles. The van der Waals surface area contributed by atoms with Gasteiger partial charge in [0.25, 0.3) is 0 Å². The first-order chi connectivity index (χ1) is 9.67. The van der Waals surface area contributed by atoms with Gasteiger partial charge in [0.15, 0.2) is 5.82 Å². The van der Waals surface area contributed by atoms with Crippen LogP contribution < -0.4 is 16.0 Å². The number of nitrogens with one attached hydrogen (secondary N) is 2. The van der Waals surface area contributed by atoms with E-state index in [1.807, 2.05) is 7.05 Å². The van der Waals surface area contributed by atoms with E-state index in [0.29, 0.717) is 17.6 Å². The third kappa shape index (κ3) is 2.29. The van der Waals surface area contributed by atoms with Crippen molar-refractivity contribution >= 4 is 11.8 Å². The largest absolute Gasteiger partial charge is 0.368 e. The summed E-state index contributed by atoms with van der Waals surface area (Å²) in [6.07, 6.45) is 2.15. The Labute approximate surface area is 115 Å². The maximum absolute atomic E-state index is 13.6. The second kappa shape index (κ2) is 5.04. The van der Waals surface area contributed by atoms with Gasteiger partial charge in [0, 0.05) is 25.2 Å². The minimum atomic E-state index is -0.455. The quantitative estimate of drug-likeness (QED) is 0.751. The Hall–Kier alpha value is -2.22. The molecule has 20 heavy (non-hydrogen) atoms. The van der Waals surface area contributed by atoms with Crippen LogP contribution in [0.15, 0.2) is 12.3 Å². The van der Waals surface area contributed by atoms with Gasteiger partial charge in [0.05, 0.1) is 11.9 Å². The maximum Gasteiger partial charge on any atom is 0.222 e. The molecule has 1 aliphatic heterocycles. The number of anilines is 2. The summed E-state index contributed by atoms with van der Waals surface area (Å²) >= 11 is 0. The molecule has 7 nitrogen and oxygen atoms in total. The molecule has 106 valence electrons. The Morgan fingerprint density at radius 3 is 3.00 bits per heavy atom. The molecule has 0 bridgehead atoms. The Bertz CT molecular complexity index is 612. The van der Waals surface area contributed by atoms with Gasteiger partial charge in [-0.05, 0) is 13.5 Å². The summed E-state index contributed by atoms with van der Waals surface area (Å²) in [5.74, 6) is 0.377. The Morgan fingerprint density at radius 1 is 1.50 bits per heavy atom. The zero-order valence-corrected chi connectivity index (χ0v) is 11.1. The van der Waals surface area contributed by atoms with Crippen LogP contribution in [0.25, 0.3) is 11.4 Å². The number of aromatic nitrogens is 4. The molecule has 8 heteroatoms. The monoisotopic (exact) mass is 277 g/mol. The van der Waals surface area contributed by atoms with Crippen LogP contribution in [0.5, 0.6) is 0 Å². The van der Waals surface area contributed by atoms with Crippen molar-refractivity contribution in [3.63, 3.8) is 0 Å². The fraction of sp³-hybridized carbons (Fsp3) is 0.417. The highest BCUT2D eigenvalue weighted by Crippen LogP contribution is 2.25. The Morgan fingerprint density at radius 2 is 2.35 bits per heavy atom. The third-order valence-corrected chi connectivity index (χ3v) is 3.50. The fourth-order valence-corrected chi connectivity index (χ4v) is 2.40. The Balaban J connectivity index is 1.93. The molecule has 1 aliphatic rings. The number of aromatic amines is 1. The van der Waals surface area contributed by atoms with Gasteiger partial charge in [-0.3, -0.25) is 5.10 Å². The predicted molar refractivity (Wildman–Crippen MR) is 73.7 cm³/mol. The number of nitrogens with zero attached hydrogens (tertiary/aromatic N) is 4. The van der Waals surface area contributed by atoms with Crippen molar-refractivity contribution in [3.05, 3.63) is 18.1 Å². The summed E-state index contributed by atoms with van der Waals surface area (Å²) in [7, 11) is 1.94. The van der Waals surface area contributed by atoms with Crippen molar-refractivity contribution in [2.24, 2.45) is 0 Å². The highest BCUT2D eigenvalue weighted by molar-refractivity contribution is 5.61. The van der Waals surface area contributed by atoms with E-state index in [1.54, 1.807) is 6.07 Å². The minimum absolute atomic E-state index is 0.124. The zero-order chi connectivity index (χ0) is 14.1. The molecule has 1 atom stereocenters. The molecule has 3 rings (SSSR count). The summed E-state index contributed by atoms with van der Waals surface area (Å²) in [5, 5.41) is 9.48. The number of hydrogen-bond acceptors (Lipinski definition) is 6. The van der Waals surface area contributed by atoms with E-state index < -0.39 is 5.82 Å². The van der Waals surface area contributed by atoms with E-state index in [1.165, 1.54) is 0 Å². The topological polar surface area (TPSA) is 95.8 Å². The second-order valence-corrected chi connectivity index (χ2v) is 4.78. The summed E-state index contributed by atoms with van der Waals surface area (Å²) in [6.45, 7) is 1.73. The van der Waals surface area contributed by atoms with Crippen LogP contribution in [0.1, 0.15) is 6.42 Å². The molecule has 2 aromatic rings. The zero-order valence-electron chi connectivity index (χ0n) is 11.1. The molecular weight excluding hydrogens is 261 g/mol. The number of nitrogens with two attached hydrogens (primary N) is 1. The third-order valence-electron chi connectivity index (χ3n) is 3.50. The van der Waals surface area contributed by atoms with E-state index in [-0.39, 0.29) is 11.6 Å². The molecule has 1 saturated heterocycles. The van der Waals surface area contributed by atoms with Crippen molar-refractivity contribution in [3.8, 4) is 11.4 Å². The average molecular weight is 277 g/mol. The summed E-state index contributed by atoms with van der Waals surface area (Å²) in [6, 6.07) is 2.16. The Kier molecular flexibility index (Phi) is 3.23. The minimum Gasteiger partial charge on any atom is -0.368 e. The van der Waals surface area contributed by atoms with E-state index in [0.717, 1.165) is 25.7 Å². The molecule has 0 aliphatic carbocycles. The smallest absolute Gasteiger partial charge is 0.222 e. The number of halogens is 1. The summed E-state index contributed by atoms with van der Waals surface area (Å²) in [4.78, 5) is 10.4. The van der Waals surface area contributed by atoms with Gasteiger partial charge in [-0.15, -0.1) is 0 Å². The normalized spacial score (nSPS) is 18.7. The number of nitrogen functional groups attached to an aromatic ring is 1. The van der Waals surface area contributed by atoms with Crippen LogP contribution in [0.2, 0.25) is 0 Å². The van der Waals surface area contributed by atoms with Crippen molar-refractivity contribution in [2.45, 2.75) is 12.5 Å². The predicted octanol–water partition coefficient (Wildman–Crippen LogP) is 0.386. The van der Waals surface area contributed by atoms with Crippen molar-refractivity contribution in [2.75, 3.05) is 30.8 Å². The molecule has 0 spiro atoms. The first-order valence-electron chi connectivity index (χ1n) is 6.43. The van der Waals surface area contributed by atoms with Gasteiger partial charge >= 0.3 is 0 Å². The van der Waals surface area contributed by atoms with Crippen molar-refractivity contribution < 1.29 is 4.39 Å². The molecule has 0 amide bonds. The maximum atomic E-state index is 13.6. The number of hydrogen-bond donors (Lipinski definition) is 3. The van der Waals surface area contributed by atoms with Gasteiger partial charge < -0.3 is 16.0 Å². The van der Waals surface area contributed by atoms with E-state index >= 15 is 0 Å². The van der Waals surface area contributed by atoms with Crippen LogP contribution in [0.3, 0.4) is 0 Å². The van der Waals surface area contributed by atoms with Gasteiger partial charge in [-0.2, -0.15) is 10.1 Å². The van der Waals surface area contributed by atoms with Gasteiger partial charge in [-0.1, -0.05) is 0 Å².